The Hall–Kier alpha value is -1.81. The van der Waals surface area contributed by atoms with E-state index in [1.807, 2.05) is 24.3 Å². The van der Waals surface area contributed by atoms with Gasteiger partial charge in [0.05, 0.1) is 12.9 Å². The van der Waals surface area contributed by atoms with E-state index >= 15 is 0 Å². The largest absolute Gasteiger partial charge is 0.497 e. The van der Waals surface area contributed by atoms with Crippen LogP contribution in [0.1, 0.15) is 10.4 Å². The summed E-state index contributed by atoms with van der Waals surface area (Å²) in [5.74, 6) is 0.771. The number of thioether (sulfide) groups is 1. The first-order chi connectivity index (χ1) is 9.19. The molecule has 0 heterocycles. The predicted molar refractivity (Wildman–Crippen MR) is 74.4 cm³/mol. The van der Waals surface area contributed by atoms with Crippen molar-refractivity contribution in [2.75, 3.05) is 12.9 Å². The molecule has 0 amide bonds. The molecule has 0 aliphatic rings. The molecule has 2 aromatic carbocycles. The summed E-state index contributed by atoms with van der Waals surface area (Å²) in [4.78, 5) is 12.9. The maximum absolute atomic E-state index is 12.7. The van der Waals surface area contributed by atoms with Crippen LogP contribution in [0.25, 0.3) is 0 Å². The van der Waals surface area contributed by atoms with Crippen molar-refractivity contribution in [1.82, 2.24) is 0 Å². The Morgan fingerprint density at radius 2 is 1.74 bits per heavy atom. The van der Waals surface area contributed by atoms with Crippen LogP contribution in [0.5, 0.6) is 5.75 Å². The zero-order chi connectivity index (χ0) is 13.7. The number of ketones is 1. The zero-order valence-corrected chi connectivity index (χ0v) is 11.2. The molecule has 0 aromatic heterocycles. The van der Waals surface area contributed by atoms with Gasteiger partial charge in [0.2, 0.25) is 0 Å². The molecule has 0 saturated carbocycles. The molecule has 0 aliphatic heterocycles. The van der Waals surface area contributed by atoms with Gasteiger partial charge in [0, 0.05) is 10.5 Å². The minimum absolute atomic E-state index is 0.0131. The van der Waals surface area contributed by atoms with Gasteiger partial charge >= 0.3 is 0 Å². The summed E-state index contributed by atoms with van der Waals surface area (Å²) in [7, 11) is 1.61. The average Bonchev–Trinajstić information content (AvgIpc) is 2.46. The van der Waals surface area contributed by atoms with E-state index in [1.165, 1.54) is 36.0 Å². The monoisotopic (exact) mass is 276 g/mol. The van der Waals surface area contributed by atoms with E-state index < -0.39 is 0 Å². The van der Waals surface area contributed by atoms with Crippen molar-refractivity contribution in [2.45, 2.75) is 4.90 Å². The molecule has 2 nitrogen and oxygen atoms in total. The van der Waals surface area contributed by atoms with Crippen molar-refractivity contribution in [2.24, 2.45) is 0 Å². The summed E-state index contributed by atoms with van der Waals surface area (Å²) in [6, 6.07) is 13.1. The normalized spacial score (nSPS) is 10.2. The van der Waals surface area contributed by atoms with Gasteiger partial charge in [0.25, 0.3) is 0 Å². The first kappa shape index (κ1) is 13.6. The maximum Gasteiger partial charge on any atom is 0.173 e. The molecule has 0 saturated heterocycles. The molecule has 0 N–H and O–H groups in total. The number of halogens is 1. The fraction of sp³-hybridized carbons (Fsp3) is 0.133. The minimum atomic E-state index is -0.334. The quantitative estimate of drug-likeness (QED) is 0.613. The lowest BCUT2D eigenvalue weighted by Crippen LogP contribution is -2.02. The molecule has 0 bridgehead atoms. The van der Waals surface area contributed by atoms with Gasteiger partial charge in [-0.3, -0.25) is 4.79 Å². The number of methoxy groups -OCH3 is 1. The van der Waals surface area contributed by atoms with E-state index in [1.54, 1.807) is 7.11 Å². The molecule has 4 heteroatoms. The highest BCUT2D eigenvalue weighted by molar-refractivity contribution is 8.00. The smallest absolute Gasteiger partial charge is 0.173 e. The van der Waals surface area contributed by atoms with Crippen molar-refractivity contribution in [3.8, 4) is 5.75 Å². The van der Waals surface area contributed by atoms with E-state index in [9.17, 15) is 9.18 Å². The first-order valence-electron chi connectivity index (χ1n) is 5.74. The van der Waals surface area contributed by atoms with Crippen LogP contribution in [0.2, 0.25) is 0 Å². The molecule has 0 fully saturated rings. The van der Waals surface area contributed by atoms with Gasteiger partial charge < -0.3 is 4.74 Å². The lowest BCUT2D eigenvalue weighted by molar-refractivity contribution is 0.102. The van der Waals surface area contributed by atoms with Crippen molar-refractivity contribution < 1.29 is 13.9 Å². The molecular weight excluding hydrogens is 263 g/mol. The lowest BCUT2D eigenvalue weighted by Gasteiger charge is -2.03. The van der Waals surface area contributed by atoms with Crippen molar-refractivity contribution >= 4 is 17.5 Å². The summed E-state index contributed by atoms with van der Waals surface area (Å²) >= 11 is 1.45. The third-order valence-corrected chi connectivity index (χ3v) is 3.61. The highest BCUT2D eigenvalue weighted by Gasteiger charge is 2.06. The fourth-order valence-corrected chi connectivity index (χ4v) is 2.33. The van der Waals surface area contributed by atoms with Crippen LogP contribution in [-0.4, -0.2) is 18.6 Å². The SMILES string of the molecule is COc1ccc(SCC(=O)c2ccc(F)cc2)cc1. The van der Waals surface area contributed by atoms with Crippen LogP contribution in [0.3, 0.4) is 0 Å². The van der Waals surface area contributed by atoms with E-state index in [2.05, 4.69) is 0 Å². The molecule has 19 heavy (non-hydrogen) atoms. The molecule has 0 spiro atoms. The third kappa shape index (κ3) is 3.83. The van der Waals surface area contributed by atoms with Crippen molar-refractivity contribution in [3.05, 3.63) is 59.9 Å². The predicted octanol–water partition coefficient (Wildman–Crippen LogP) is 3.81. The Labute approximate surface area is 115 Å². The Morgan fingerprint density at radius 3 is 2.32 bits per heavy atom. The maximum atomic E-state index is 12.7. The fourth-order valence-electron chi connectivity index (χ4n) is 1.54. The Bertz CT molecular complexity index is 549. The highest BCUT2D eigenvalue weighted by Crippen LogP contribution is 2.22. The molecule has 0 aliphatic carbocycles. The van der Waals surface area contributed by atoms with Gasteiger partial charge in [-0.1, -0.05) is 0 Å². The highest BCUT2D eigenvalue weighted by atomic mass is 32.2. The summed E-state index contributed by atoms with van der Waals surface area (Å²) in [5, 5.41) is 0. The van der Waals surface area contributed by atoms with E-state index in [0.717, 1.165) is 10.6 Å². The molecule has 2 rings (SSSR count). The van der Waals surface area contributed by atoms with Gasteiger partial charge in [-0.25, -0.2) is 4.39 Å². The number of ether oxygens (including phenoxy) is 1. The van der Waals surface area contributed by atoms with Crippen LogP contribution < -0.4 is 4.74 Å². The van der Waals surface area contributed by atoms with Gasteiger partial charge in [0.15, 0.2) is 5.78 Å². The standard InChI is InChI=1S/C15H13FO2S/c1-18-13-6-8-14(9-7-13)19-10-15(17)11-2-4-12(16)5-3-11/h2-9H,10H2,1H3. The summed E-state index contributed by atoms with van der Waals surface area (Å²) < 4.78 is 17.8. The molecule has 0 radical (unpaired) electrons. The summed E-state index contributed by atoms with van der Waals surface area (Å²) in [5.41, 5.74) is 0.530. The number of carbonyl (C=O) groups excluding carboxylic acids is 1. The van der Waals surface area contributed by atoms with Crippen molar-refractivity contribution in [1.29, 1.82) is 0 Å². The third-order valence-electron chi connectivity index (χ3n) is 2.60. The number of hydrogen-bond acceptors (Lipinski definition) is 3. The Kier molecular flexibility index (Phi) is 4.58. The molecule has 0 unspecified atom stereocenters. The second kappa shape index (κ2) is 6.38. The topological polar surface area (TPSA) is 26.3 Å². The zero-order valence-electron chi connectivity index (χ0n) is 10.4. The van der Waals surface area contributed by atoms with Crippen molar-refractivity contribution in [3.63, 3.8) is 0 Å². The average molecular weight is 276 g/mol. The van der Waals surface area contributed by atoms with Crippen LogP contribution in [0.15, 0.2) is 53.4 Å². The Balaban J connectivity index is 1.94. The van der Waals surface area contributed by atoms with Gasteiger partial charge in [-0.15, -0.1) is 11.8 Å². The van der Waals surface area contributed by atoms with Gasteiger partial charge in [-0.05, 0) is 48.5 Å². The first-order valence-corrected chi connectivity index (χ1v) is 6.73. The second-order valence-electron chi connectivity index (χ2n) is 3.89. The van der Waals surface area contributed by atoms with E-state index in [-0.39, 0.29) is 11.6 Å². The summed E-state index contributed by atoms with van der Waals surface area (Å²) in [6.45, 7) is 0. The Morgan fingerprint density at radius 1 is 1.11 bits per heavy atom. The van der Waals surface area contributed by atoms with Gasteiger partial charge in [0.1, 0.15) is 11.6 Å². The van der Waals surface area contributed by atoms with E-state index in [4.69, 9.17) is 4.74 Å². The van der Waals surface area contributed by atoms with Crippen LogP contribution in [-0.2, 0) is 0 Å². The van der Waals surface area contributed by atoms with Crippen LogP contribution >= 0.6 is 11.8 Å². The summed E-state index contributed by atoms with van der Waals surface area (Å²) in [6.07, 6.45) is 0. The van der Waals surface area contributed by atoms with Crippen LogP contribution in [0.4, 0.5) is 4.39 Å². The van der Waals surface area contributed by atoms with E-state index in [0.29, 0.717) is 11.3 Å². The molecule has 98 valence electrons. The molecule has 2 aromatic rings. The lowest BCUT2D eigenvalue weighted by atomic mass is 10.1. The number of rotatable bonds is 5. The second-order valence-corrected chi connectivity index (χ2v) is 4.94. The molecule has 0 atom stereocenters. The minimum Gasteiger partial charge on any atom is -0.497 e. The molecular formula is C15H13FO2S. The van der Waals surface area contributed by atoms with Gasteiger partial charge in [-0.2, -0.15) is 0 Å². The number of Topliss-reactive ketones (excluding diaryl/α,β-unsaturated/α-hetero) is 1. The number of hydrogen-bond donors (Lipinski definition) is 0. The number of carbonyl (C=O) groups is 1. The van der Waals surface area contributed by atoms with Crippen LogP contribution in [0, 0.1) is 5.82 Å². The number of benzene rings is 2.